The highest BCUT2D eigenvalue weighted by Crippen LogP contribution is 2.24. The third kappa shape index (κ3) is 2.48. The Morgan fingerprint density at radius 1 is 1.44 bits per heavy atom. The molecule has 1 aliphatic heterocycles. The van der Waals surface area contributed by atoms with Crippen LogP contribution in [0.25, 0.3) is 0 Å². The number of hydrogen-bond acceptors (Lipinski definition) is 3. The van der Waals surface area contributed by atoms with E-state index in [0.717, 1.165) is 12.1 Å². The summed E-state index contributed by atoms with van der Waals surface area (Å²) in [5.41, 5.74) is 1.05. The fourth-order valence-corrected chi connectivity index (χ4v) is 2.32. The molecule has 0 radical (unpaired) electrons. The van der Waals surface area contributed by atoms with Crippen LogP contribution < -0.4 is 5.32 Å². The second-order valence-electron chi connectivity index (χ2n) is 5.51. The summed E-state index contributed by atoms with van der Waals surface area (Å²) in [5.74, 6) is 0.00427. The minimum atomic E-state index is -0.0919. The van der Waals surface area contributed by atoms with Gasteiger partial charge in [0.15, 0.2) is 0 Å². The smallest absolute Gasteiger partial charge is 0.257 e. The molecule has 1 aliphatic rings. The molecular formula is C14H20N2O2. The number of amides is 1. The Balaban J connectivity index is 2.23. The third-order valence-corrected chi connectivity index (χ3v) is 3.33. The second kappa shape index (κ2) is 4.61. The van der Waals surface area contributed by atoms with E-state index >= 15 is 0 Å². The van der Waals surface area contributed by atoms with Crippen molar-refractivity contribution < 1.29 is 9.90 Å². The van der Waals surface area contributed by atoms with Crippen molar-refractivity contribution in [2.24, 2.45) is 0 Å². The number of para-hydroxylation sites is 1. The van der Waals surface area contributed by atoms with Gasteiger partial charge in [-0.05, 0) is 32.4 Å². The molecule has 2 rings (SSSR count). The first-order valence-corrected chi connectivity index (χ1v) is 6.23. The maximum atomic E-state index is 12.4. The van der Waals surface area contributed by atoms with Crippen LogP contribution in [0.4, 0.5) is 0 Å². The Labute approximate surface area is 108 Å². The molecule has 4 heteroatoms. The first-order valence-electron chi connectivity index (χ1n) is 6.23. The summed E-state index contributed by atoms with van der Waals surface area (Å²) in [7, 11) is 0. The molecular weight excluding hydrogens is 228 g/mol. The number of phenolic OH excluding ortho intramolecular Hbond substituents is 1. The molecule has 0 atom stereocenters. The molecule has 0 bridgehead atoms. The van der Waals surface area contributed by atoms with Gasteiger partial charge >= 0.3 is 0 Å². The van der Waals surface area contributed by atoms with Crippen molar-refractivity contribution in [1.82, 2.24) is 10.2 Å². The fourth-order valence-electron chi connectivity index (χ4n) is 2.32. The molecule has 1 aromatic carbocycles. The second-order valence-corrected chi connectivity index (χ2v) is 5.51. The average molecular weight is 248 g/mol. The first kappa shape index (κ1) is 12.9. The normalized spacial score (nSPS) is 18.7. The molecule has 0 unspecified atom stereocenters. The minimum absolute atomic E-state index is 0.0760. The van der Waals surface area contributed by atoms with Crippen LogP contribution in [0.15, 0.2) is 18.2 Å². The molecule has 1 aromatic rings. The molecule has 1 heterocycles. The molecule has 4 nitrogen and oxygen atoms in total. The van der Waals surface area contributed by atoms with Crippen LogP contribution in [0.2, 0.25) is 0 Å². The van der Waals surface area contributed by atoms with Crippen LogP contribution in [0.1, 0.15) is 29.8 Å². The lowest BCUT2D eigenvalue weighted by molar-refractivity contribution is 0.0649. The number of rotatable bonds is 1. The third-order valence-electron chi connectivity index (χ3n) is 3.33. The van der Waals surface area contributed by atoms with Crippen LogP contribution in [-0.4, -0.2) is 41.1 Å². The predicted octanol–water partition coefficient (Wildman–Crippen LogP) is 1.52. The standard InChI is InChI=1S/C14H20N2O2/c1-10-5-4-6-11(12(10)17)13(18)16-8-7-15-14(2,3)9-16/h4-6,15,17H,7-9H2,1-3H3. The van der Waals surface area contributed by atoms with Gasteiger partial charge in [0.2, 0.25) is 0 Å². The zero-order valence-corrected chi connectivity index (χ0v) is 11.2. The van der Waals surface area contributed by atoms with Gasteiger partial charge in [-0.1, -0.05) is 12.1 Å². The SMILES string of the molecule is Cc1cccc(C(=O)N2CCNC(C)(C)C2)c1O. The molecule has 0 spiro atoms. The minimum Gasteiger partial charge on any atom is -0.507 e. The lowest BCUT2D eigenvalue weighted by Crippen LogP contribution is -2.58. The summed E-state index contributed by atoms with van der Waals surface area (Å²) in [5, 5.41) is 13.3. The van der Waals surface area contributed by atoms with Crippen molar-refractivity contribution in [3.8, 4) is 5.75 Å². The van der Waals surface area contributed by atoms with Gasteiger partial charge in [0, 0.05) is 25.2 Å². The zero-order valence-electron chi connectivity index (χ0n) is 11.2. The van der Waals surface area contributed by atoms with Crippen molar-refractivity contribution in [3.63, 3.8) is 0 Å². The molecule has 0 saturated carbocycles. The summed E-state index contributed by atoms with van der Waals surface area (Å²) in [6.45, 7) is 8.05. The number of carbonyl (C=O) groups excluding carboxylic acids is 1. The molecule has 18 heavy (non-hydrogen) atoms. The van der Waals surface area contributed by atoms with E-state index < -0.39 is 0 Å². The number of aromatic hydroxyl groups is 1. The van der Waals surface area contributed by atoms with E-state index in [2.05, 4.69) is 19.2 Å². The Morgan fingerprint density at radius 2 is 2.17 bits per heavy atom. The highest BCUT2D eigenvalue weighted by Gasteiger charge is 2.30. The largest absolute Gasteiger partial charge is 0.507 e. The average Bonchev–Trinajstić information content (AvgIpc) is 2.30. The van der Waals surface area contributed by atoms with E-state index in [9.17, 15) is 9.90 Å². The molecule has 1 amide bonds. The lowest BCUT2D eigenvalue weighted by atomic mass is 10.0. The monoisotopic (exact) mass is 248 g/mol. The number of benzene rings is 1. The van der Waals surface area contributed by atoms with Gasteiger partial charge in [0.1, 0.15) is 5.75 Å². The van der Waals surface area contributed by atoms with Gasteiger partial charge in [-0.15, -0.1) is 0 Å². The number of piperazine rings is 1. The lowest BCUT2D eigenvalue weighted by Gasteiger charge is -2.39. The first-order chi connectivity index (χ1) is 8.41. The highest BCUT2D eigenvalue weighted by atomic mass is 16.3. The van der Waals surface area contributed by atoms with Crippen molar-refractivity contribution >= 4 is 5.91 Å². The van der Waals surface area contributed by atoms with Crippen LogP contribution in [0.5, 0.6) is 5.75 Å². The van der Waals surface area contributed by atoms with Gasteiger partial charge in [-0.25, -0.2) is 0 Å². The number of nitrogens with zero attached hydrogens (tertiary/aromatic N) is 1. The van der Waals surface area contributed by atoms with Crippen LogP contribution >= 0.6 is 0 Å². The summed E-state index contributed by atoms with van der Waals surface area (Å²) in [6.07, 6.45) is 0. The van der Waals surface area contributed by atoms with Gasteiger partial charge < -0.3 is 15.3 Å². The van der Waals surface area contributed by atoms with Gasteiger partial charge in [0.25, 0.3) is 5.91 Å². The molecule has 98 valence electrons. The quantitative estimate of drug-likeness (QED) is 0.792. The predicted molar refractivity (Wildman–Crippen MR) is 70.8 cm³/mol. The van der Waals surface area contributed by atoms with E-state index in [1.807, 2.05) is 0 Å². The van der Waals surface area contributed by atoms with E-state index in [4.69, 9.17) is 0 Å². The Morgan fingerprint density at radius 3 is 2.83 bits per heavy atom. The van der Waals surface area contributed by atoms with Crippen LogP contribution in [-0.2, 0) is 0 Å². The molecule has 2 N–H and O–H groups in total. The Kier molecular flexibility index (Phi) is 3.30. The molecule has 1 saturated heterocycles. The topological polar surface area (TPSA) is 52.6 Å². The van der Waals surface area contributed by atoms with Gasteiger partial charge in [0.05, 0.1) is 5.56 Å². The number of aryl methyl sites for hydroxylation is 1. The van der Waals surface area contributed by atoms with E-state index in [-0.39, 0.29) is 17.2 Å². The number of nitrogens with one attached hydrogen (secondary N) is 1. The van der Waals surface area contributed by atoms with E-state index in [0.29, 0.717) is 18.7 Å². The van der Waals surface area contributed by atoms with Crippen LogP contribution in [0.3, 0.4) is 0 Å². The number of phenols is 1. The maximum Gasteiger partial charge on any atom is 0.257 e. The Bertz CT molecular complexity index is 469. The summed E-state index contributed by atoms with van der Waals surface area (Å²) < 4.78 is 0. The van der Waals surface area contributed by atoms with Crippen LogP contribution in [0, 0.1) is 6.92 Å². The maximum absolute atomic E-state index is 12.4. The number of carbonyl (C=O) groups is 1. The highest BCUT2D eigenvalue weighted by molar-refractivity contribution is 5.97. The van der Waals surface area contributed by atoms with E-state index in [1.165, 1.54) is 0 Å². The summed E-state index contributed by atoms with van der Waals surface area (Å²) in [6, 6.07) is 5.28. The molecule has 0 aromatic heterocycles. The number of hydrogen-bond donors (Lipinski definition) is 2. The Hall–Kier alpha value is -1.55. The van der Waals surface area contributed by atoms with Gasteiger partial charge in [-0.2, -0.15) is 0 Å². The van der Waals surface area contributed by atoms with Crippen molar-refractivity contribution in [3.05, 3.63) is 29.3 Å². The van der Waals surface area contributed by atoms with Gasteiger partial charge in [-0.3, -0.25) is 4.79 Å². The zero-order chi connectivity index (χ0) is 13.3. The van der Waals surface area contributed by atoms with Crippen molar-refractivity contribution in [2.75, 3.05) is 19.6 Å². The fraction of sp³-hybridized carbons (Fsp3) is 0.500. The molecule has 0 aliphatic carbocycles. The van der Waals surface area contributed by atoms with E-state index in [1.54, 1.807) is 30.0 Å². The summed E-state index contributed by atoms with van der Waals surface area (Å²) in [4.78, 5) is 14.2. The molecule has 1 fully saturated rings. The summed E-state index contributed by atoms with van der Waals surface area (Å²) >= 11 is 0. The van der Waals surface area contributed by atoms with Crippen molar-refractivity contribution in [2.45, 2.75) is 26.3 Å². The van der Waals surface area contributed by atoms with Crippen molar-refractivity contribution in [1.29, 1.82) is 0 Å².